The molecule has 0 saturated carbocycles. The molecule has 3 rings (SSSR count). The zero-order chi connectivity index (χ0) is 17.7. The zero-order valence-electron chi connectivity index (χ0n) is 15.6. The number of ether oxygens (including phenoxy) is 1. The van der Waals surface area contributed by atoms with Gasteiger partial charge in [0.1, 0.15) is 0 Å². The Balaban J connectivity index is 0.00000182. The number of piperidine rings is 1. The summed E-state index contributed by atoms with van der Waals surface area (Å²) >= 11 is 1.62. The number of rotatable bonds is 6. The van der Waals surface area contributed by atoms with Crippen LogP contribution in [0.1, 0.15) is 28.2 Å². The van der Waals surface area contributed by atoms with Gasteiger partial charge in [-0.3, -0.25) is 4.79 Å². The fourth-order valence-electron chi connectivity index (χ4n) is 3.32. The van der Waals surface area contributed by atoms with Crippen LogP contribution < -0.4 is 10.6 Å². The van der Waals surface area contributed by atoms with E-state index in [-0.39, 0.29) is 36.1 Å². The predicted octanol–water partition coefficient (Wildman–Crippen LogP) is 3.71. The van der Waals surface area contributed by atoms with Gasteiger partial charge in [0.25, 0.3) is 5.91 Å². The fraction of sp³-hybridized carbons (Fsp3) is 0.474. The van der Waals surface area contributed by atoms with Crippen LogP contribution >= 0.6 is 36.2 Å². The second-order valence-electron chi connectivity index (χ2n) is 6.70. The third kappa shape index (κ3) is 6.16. The lowest BCUT2D eigenvalue weighted by Gasteiger charge is -2.37. The van der Waals surface area contributed by atoms with Crippen LogP contribution in [0.25, 0.3) is 11.3 Å². The number of aryl methyl sites for hydroxylation is 1. The van der Waals surface area contributed by atoms with Gasteiger partial charge in [-0.15, -0.1) is 36.2 Å². The molecular formula is C19H27Cl2N3O2S. The molecule has 0 radical (unpaired) electrons. The average Bonchev–Trinajstić information content (AvgIpc) is 3.07. The Morgan fingerprint density at radius 3 is 2.70 bits per heavy atom. The highest BCUT2D eigenvalue weighted by molar-refractivity contribution is 7.09. The second kappa shape index (κ2) is 11.0. The van der Waals surface area contributed by atoms with Gasteiger partial charge in [-0.25, -0.2) is 4.98 Å². The zero-order valence-corrected chi connectivity index (χ0v) is 18.1. The minimum Gasteiger partial charge on any atom is -0.384 e. The van der Waals surface area contributed by atoms with Crippen LogP contribution in [0.3, 0.4) is 0 Å². The lowest BCUT2D eigenvalue weighted by atomic mass is 9.79. The van der Waals surface area contributed by atoms with Crippen molar-refractivity contribution in [3.8, 4) is 11.3 Å². The van der Waals surface area contributed by atoms with E-state index in [9.17, 15) is 4.79 Å². The van der Waals surface area contributed by atoms with Gasteiger partial charge in [0.05, 0.1) is 17.3 Å². The minimum atomic E-state index is -0.0391. The summed E-state index contributed by atoms with van der Waals surface area (Å²) < 4.78 is 5.42. The van der Waals surface area contributed by atoms with E-state index in [4.69, 9.17) is 4.74 Å². The molecular weight excluding hydrogens is 405 g/mol. The summed E-state index contributed by atoms with van der Waals surface area (Å²) in [7, 11) is 1.73. The van der Waals surface area contributed by atoms with E-state index in [2.05, 4.69) is 15.6 Å². The highest BCUT2D eigenvalue weighted by atomic mass is 35.5. The number of methoxy groups -OCH3 is 1. The molecule has 1 amide bonds. The van der Waals surface area contributed by atoms with Gasteiger partial charge < -0.3 is 15.4 Å². The summed E-state index contributed by atoms with van der Waals surface area (Å²) in [5.41, 5.74) is 2.60. The summed E-state index contributed by atoms with van der Waals surface area (Å²) in [5.74, 6) is -0.0391. The smallest absolute Gasteiger partial charge is 0.251 e. The van der Waals surface area contributed by atoms with E-state index in [1.807, 2.05) is 36.6 Å². The molecule has 27 heavy (non-hydrogen) atoms. The van der Waals surface area contributed by atoms with E-state index in [0.717, 1.165) is 42.2 Å². The monoisotopic (exact) mass is 431 g/mol. The number of carbonyl (C=O) groups excluding carboxylic acids is 1. The van der Waals surface area contributed by atoms with E-state index in [1.54, 1.807) is 18.4 Å². The highest BCUT2D eigenvalue weighted by Gasteiger charge is 2.32. The number of halogens is 2. The van der Waals surface area contributed by atoms with Crippen LogP contribution in [0.2, 0.25) is 0 Å². The van der Waals surface area contributed by atoms with Gasteiger partial charge in [0.2, 0.25) is 0 Å². The molecule has 150 valence electrons. The number of nitrogens with one attached hydrogen (secondary N) is 2. The highest BCUT2D eigenvalue weighted by Crippen LogP contribution is 2.28. The number of aromatic nitrogens is 1. The molecule has 5 nitrogen and oxygen atoms in total. The standard InChI is InChI=1S/C19H25N3O2S.2ClH/c1-14-22-17(11-25-14)15-4-3-5-16(10-15)18(23)21-12-19(13-24-2)6-8-20-9-7-19;;/h3-5,10-11,20H,6-9,12-13H2,1-2H3,(H,21,23);2*1H. The molecule has 1 saturated heterocycles. The van der Waals surface area contributed by atoms with E-state index < -0.39 is 0 Å². The Labute approximate surface area is 177 Å². The van der Waals surface area contributed by atoms with Gasteiger partial charge in [0, 0.05) is 35.6 Å². The van der Waals surface area contributed by atoms with Gasteiger partial charge in [-0.2, -0.15) is 0 Å². The average molecular weight is 432 g/mol. The first kappa shape index (κ1) is 23.9. The summed E-state index contributed by atoms with van der Waals surface area (Å²) in [4.78, 5) is 17.1. The molecule has 2 aromatic rings. The molecule has 8 heteroatoms. The van der Waals surface area contributed by atoms with Gasteiger partial charge in [0.15, 0.2) is 0 Å². The second-order valence-corrected chi connectivity index (χ2v) is 7.76. The summed E-state index contributed by atoms with van der Waals surface area (Å²) in [6.45, 7) is 5.24. The van der Waals surface area contributed by atoms with Crippen molar-refractivity contribution in [3.05, 3.63) is 40.2 Å². The fourth-order valence-corrected chi connectivity index (χ4v) is 3.94. The number of thiazole rings is 1. The third-order valence-corrected chi connectivity index (χ3v) is 5.55. The van der Waals surface area contributed by atoms with Crippen molar-refractivity contribution in [1.29, 1.82) is 0 Å². The number of hydrogen-bond acceptors (Lipinski definition) is 5. The Morgan fingerprint density at radius 2 is 2.07 bits per heavy atom. The van der Waals surface area contributed by atoms with Crippen LogP contribution in [0.15, 0.2) is 29.6 Å². The molecule has 1 aliphatic heterocycles. The summed E-state index contributed by atoms with van der Waals surface area (Å²) in [6.07, 6.45) is 2.03. The van der Waals surface area contributed by atoms with Gasteiger partial charge >= 0.3 is 0 Å². The van der Waals surface area contributed by atoms with E-state index >= 15 is 0 Å². The predicted molar refractivity (Wildman–Crippen MR) is 116 cm³/mol. The van der Waals surface area contributed by atoms with Crippen LogP contribution in [-0.4, -0.2) is 44.2 Å². The first-order valence-electron chi connectivity index (χ1n) is 8.62. The first-order chi connectivity index (χ1) is 12.1. The normalized spacial score (nSPS) is 15.3. The van der Waals surface area contributed by atoms with Crippen molar-refractivity contribution in [2.45, 2.75) is 19.8 Å². The molecule has 0 atom stereocenters. The van der Waals surface area contributed by atoms with Crippen molar-refractivity contribution >= 4 is 42.1 Å². The molecule has 0 bridgehead atoms. The molecule has 1 fully saturated rings. The van der Waals surface area contributed by atoms with Crippen molar-refractivity contribution in [2.24, 2.45) is 5.41 Å². The lowest BCUT2D eigenvalue weighted by molar-refractivity contribution is 0.0512. The molecule has 2 N–H and O–H groups in total. The lowest BCUT2D eigenvalue weighted by Crippen LogP contribution is -2.47. The molecule has 1 aromatic heterocycles. The number of benzene rings is 1. The van der Waals surface area contributed by atoms with Crippen LogP contribution in [0.4, 0.5) is 0 Å². The van der Waals surface area contributed by atoms with Crippen molar-refractivity contribution in [2.75, 3.05) is 33.4 Å². The largest absolute Gasteiger partial charge is 0.384 e. The van der Waals surface area contributed by atoms with Crippen LogP contribution in [-0.2, 0) is 4.74 Å². The Bertz CT molecular complexity index is 728. The molecule has 1 aromatic carbocycles. The maximum atomic E-state index is 12.6. The topological polar surface area (TPSA) is 63.2 Å². The molecule has 1 aliphatic rings. The Morgan fingerprint density at radius 1 is 1.33 bits per heavy atom. The first-order valence-corrected chi connectivity index (χ1v) is 9.50. The van der Waals surface area contributed by atoms with Crippen LogP contribution in [0, 0.1) is 12.3 Å². The number of carbonyl (C=O) groups is 1. The summed E-state index contributed by atoms with van der Waals surface area (Å²) in [5, 5.41) is 9.53. The Hall–Kier alpha value is -1.18. The maximum absolute atomic E-state index is 12.6. The van der Waals surface area contributed by atoms with Crippen molar-refractivity contribution < 1.29 is 9.53 Å². The molecule has 0 spiro atoms. The third-order valence-electron chi connectivity index (χ3n) is 4.78. The number of nitrogens with zero attached hydrogens (tertiary/aromatic N) is 1. The quantitative estimate of drug-likeness (QED) is 0.731. The van der Waals surface area contributed by atoms with Gasteiger partial charge in [-0.1, -0.05) is 12.1 Å². The Kier molecular flexibility index (Phi) is 9.70. The van der Waals surface area contributed by atoms with Crippen molar-refractivity contribution in [1.82, 2.24) is 15.6 Å². The summed E-state index contributed by atoms with van der Waals surface area (Å²) in [6, 6.07) is 7.66. The van der Waals surface area contributed by atoms with Crippen LogP contribution in [0.5, 0.6) is 0 Å². The van der Waals surface area contributed by atoms with Crippen molar-refractivity contribution in [3.63, 3.8) is 0 Å². The molecule has 0 unspecified atom stereocenters. The maximum Gasteiger partial charge on any atom is 0.251 e. The van der Waals surface area contributed by atoms with Gasteiger partial charge in [-0.05, 0) is 45.0 Å². The van der Waals surface area contributed by atoms with E-state index in [0.29, 0.717) is 18.7 Å². The van der Waals surface area contributed by atoms with E-state index in [1.165, 1.54) is 0 Å². The minimum absolute atomic E-state index is 0. The molecule has 2 heterocycles. The SMILES string of the molecule is COCC1(CNC(=O)c2cccc(-c3csc(C)n3)c2)CCNCC1.Cl.Cl. The molecule has 0 aliphatic carbocycles. The number of hydrogen-bond donors (Lipinski definition) is 2. The number of amides is 1.